The first-order valence-electron chi connectivity index (χ1n) is 25.9. The topological polar surface area (TPSA) is 352 Å². The molecule has 0 spiro atoms. The highest BCUT2D eigenvalue weighted by molar-refractivity contribution is 6.15. The number of nitrogens with one attached hydrogen (secondary N) is 7. The van der Waals surface area contributed by atoms with E-state index in [-0.39, 0.29) is 43.0 Å². The van der Waals surface area contributed by atoms with Gasteiger partial charge in [-0.3, -0.25) is 52.8 Å². The highest BCUT2D eigenvalue weighted by atomic mass is 19.1. The fourth-order valence-electron chi connectivity index (χ4n) is 10.5. The van der Waals surface area contributed by atoms with E-state index >= 15 is 4.39 Å². The molecule has 0 unspecified atom stereocenters. The number of carboxylic acids is 1. The molecule has 5 atom stereocenters. The van der Waals surface area contributed by atoms with Gasteiger partial charge in [0.05, 0.1) is 61.2 Å². The zero-order valence-electron chi connectivity index (χ0n) is 43.4. The standard InChI is InChI=1S/C54H57FN10O15/c1-3-54(78)32-16-37-47-30(23-64(37)52(76)31(32)24-79-53(54)77)46-34(12-11-29-26(2)33(55)17-35(62-47)45(29)46)63-51(75)48(28-9-10-28)80-25-60-40(67)20-58-49(73)36(15-27-7-5-4-6-8-27)61-41(68)21-57-39(66)19-59-50(74)38(18-56-22-44(71)72)65-42(69)13-14-43(65)70/h4-8,13-14,16-17,28,34,36,38,48,56,78H,3,9-12,15,18-25H2,1-2H3,(H,57,66)(H,58,73)(H,59,74)(H,60,67)(H,61,68)(H,63,75)(H,71,72)/t34-,36-,38+,48-,54-/m0/s1. The Balaban J connectivity index is 0.804. The first-order chi connectivity index (χ1) is 38.3. The van der Waals surface area contributed by atoms with Crippen LogP contribution >= 0.6 is 0 Å². The number of rotatable bonds is 23. The molecule has 4 aromatic rings. The van der Waals surface area contributed by atoms with Crippen LogP contribution < -0.4 is 42.8 Å². The summed E-state index contributed by atoms with van der Waals surface area (Å²) in [5.74, 6) is -9.04. The van der Waals surface area contributed by atoms with Gasteiger partial charge in [0.15, 0.2) is 5.60 Å². The molecule has 2 aromatic carbocycles. The van der Waals surface area contributed by atoms with Crippen molar-refractivity contribution >= 4 is 70.1 Å². The van der Waals surface area contributed by atoms with Crippen molar-refractivity contribution in [3.63, 3.8) is 0 Å². The summed E-state index contributed by atoms with van der Waals surface area (Å²) in [4.78, 5) is 148. The predicted molar refractivity (Wildman–Crippen MR) is 275 cm³/mol. The number of nitrogens with zero attached hydrogens (tertiary/aromatic N) is 3. The van der Waals surface area contributed by atoms with Gasteiger partial charge in [-0.2, -0.15) is 0 Å². The summed E-state index contributed by atoms with van der Waals surface area (Å²) in [6.45, 7) is -0.424. The highest BCUT2D eigenvalue weighted by Gasteiger charge is 2.47. The molecule has 3 aliphatic heterocycles. The minimum Gasteiger partial charge on any atom is -0.480 e. The van der Waals surface area contributed by atoms with E-state index in [1.807, 2.05) is 0 Å². The van der Waals surface area contributed by atoms with Gasteiger partial charge in [0, 0.05) is 47.7 Å². The van der Waals surface area contributed by atoms with Crippen molar-refractivity contribution < 1.29 is 72.0 Å². The maximum absolute atomic E-state index is 15.5. The average molecular weight is 1110 g/mol. The van der Waals surface area contributed by atoms with Crippen LogP contribution in [0, 0.1) is 18.7 Å². The molecule has 9 N–H and O–H groups in total. The number of cyclic esters (lactones) is 1. The molecule has 5 aliphatic rings. The van der Waals surface area contributed by atoms with E-state index in [0.717, 1.165) is 17.7 Å². The van der Waals surface area contributed by atoms with Crippen LogP contribution in [-0.4, -0.2) is 142 Å². The van der Waals surface area contributed by atoms with Crippen LogP contribution in [0.2, 0.25) is 0 Å². The SMILES string of the molecule is CC[C@@]1(O)C(=O)OCc2c1cc1n(c2=O)Cc2c-1nc1cc(F)c(C)c3c1c2[C@@H](NC(=O)[C@@H](OCNC(=O)CNC(=O)[C@H](Cc1ccccc1)NC(=O)CNC(=O)CNC(=O)[C@@H](CNCC(=O)O)N1C(=O)C=CC1=O)C1CC1)CC3. The van der Waals surface area contributed by atoms with Gasteiger partial charge in [0.2, 0.25) is 35.4 Å². The van der Waals surface area contributed by atoms with Crippen molar-refractivity contribution in [2.45, 2.75) is 95.4 Å². The van der Waals surface area contributed by atoms with Crippen LogP contribution in [0.1, 0.15) is 77.6 Å². The number of imide groups is 1. The van der Waals surface area contributed by atoms with E-state index in [4.69, 9.17) is 19.6 Å². The number of hydrogen-bond donors (Lipinski definition) is 9. The number of fused-ring (bicyclic) bond motifs is 5. The maximum atomic E-state index is 15.5. The summed E-state index contributed by atoms with van der Waals surface area (Å²) in [5, 5.41) is 38.7. The monoisotopic (exact) mass is 1100 g/mol. The molecule has 9 rings (SSSR count). The van der Waals surface area contributed by atoms with Gasteiger partial charge < -0.3 is 61.5 Å². The van der Waals surface area contributed by atoms with Crippen LogP contribution in [-0.2, 0) is 89.0 Å². The molecule has 0 bridgehead atoms. The average Bonchev–Trinajstić information content (AvgIpc) is 4.33. The number of carbonyl (C=O) groups is 10. The van der Waals surface area contributed by atoms with Crippen molar-refractivity contribution in [3.8, 4) is 11.4 Å². The molecule has 1 saturated carbocycles. The number of hydrogen-bond acceptors (Lipinski definition) is 16. The number of halogens is 1. The van der Waals surface area contributed by atoms with Crippen LogP contribution in [0.4, 0.5) is 4.39 Å². The molecule has 25 nitrogen and oxygen atoms in total. The Kier molecular flexibility index (Phi) is 16.3. The molecule has 1 fully saturated rings. The Morgan fingerprint density at radius 2 is 1.54 bits per heavy atom. The molecule has 2 aromatic heterocycles. The summed E-state index contributed by atoms with van der Waals surface area (Å²) < 4.78 is 28.2. The highest BCUT2D eigenvalue weighted by Crippen LogP contribution is 2.46. The molecular formula is C54H57FN10O15. The number of ether oxygens (including phenoxy) is 2. The lowest BCUT2D eigenvalue weighted by molar-refractivity contribution is -0.172. The largest absolute Gasteiger partial charge is 0.480 e. The van der Waals surface area contributed by atoms with Crippen LogP contribution in [0.25, 0.3) is 22.3 Å². The van der Waals surface area contributed by atoms with E-state index in [0.29, 0.717) is 75.1 Å². The Morgan fingerprint density at radius 3 is 2.23 bits per heavy atom. The molecular weight excluding hydrogens is 1050 g/mol. The molecule has 0 saturated heterocycles. The number of pyridine rings is 2. The van der Waals surface area contributed by atoms with Gasteiger partial charge >= 0.3 is 11.9 Å². The Labute approximate surface area is 454 Å². The fourth-order valence-corrected chi connectivity index (χ4v) is 10.5. The Morgan fingerprint density at radius 1 is 0.850 bits per heavy atom. The number of carbonyl (C=O) groups excluding carboxylic acids is 9. The minimum absolute atomic E-state index is 0.0312. The molecule has 8 amide bonds. The van der Waals surface area contributed by atoms with Crippen molar-refractivity contribution in [1.82, 2.24) is 51.7 Å². The van der Waals surface area contributed by atoms with E-state index in [9.17, 15) is 57.8 Å². The number of amides is 8. The normalized spacial score (nSPS) is 18.7. The zero-order chi connectivity index (χ0) is 57.2. The maximum Gasteiger partial charge on any atom is 0.343 e. The third-order valence-electron chi connectivity index (χ3n) is 14.8. The summed E-state index contributed by atoms with van der Waals surface area (Å²) in [7, 11) is 0. The smallest absolute Gasteiger partial charge is 0.343 e. The number of aryl methyl sites for hydroxylation is 1. The Hall–Kier alpha value is -8.75. The minimum atomic E-state index is -2.07. The quantitative estimate of drug-likeness (QED) is 0.0205. The number of benzene rings is 2. The van der Waals surface area contributed by atoms with Crippen molar-refractivity contribution in [2.75, 3.05) is 39.5 Å². The third kappa shape index (κ3) is 11.5. The van der Waals surface area contributed by atoms with Gasteiger partial charge in [-0.15, -0.1) is 0 Å². The molecule has 2 aliphatic carbocycles. The lowest BCUT2D eigenvalue weighted by Gasteiger charge is -2.31. The molecule has 5 heterocycles. The third-order valence-corrected chi connectivity index (χ3v) is 14.8. The van der Waals surface area contributed by atoms with Crippen LogP contribution in [0.3, 0.4) is 0 Å². The second-order valence-corrected chi connectivity index (χ2v) is 20.0. The number of aromatic nitrogens is 2. The number of aliphatic carboxylic acids is 1. The van der Waals surface area contributed by atoms with Crippen molar-refractivity contribution in [2.24, 2.45) is 5.92 Å². The van der Waals surface area contributed by atoms with Crippen LogP contribution in [0.5, 0.6) is 0 Å². The van der Waals surface area contributed by atoms with Crippen molar-refractivity contribution in [1.29, 1.82) is 0 Å². The fraction of sp³-hybridized carbons (Fsp3) is 0.407. The number of esters is 1. The van der Waals surface area contributed by atoms with E-state index in [2.05, 4.69) is 37.2 Å². The van der Waals surface area contributed by atoms with Crippen molar-refractivity contribution in [3.05, 3.63) is 110 Å². The molecule has 80 heavy (non-hydrogen) atoms. The van der Waals surface area contributed by atoms with Gasteiger partial charge in [0.25, 0.3) is 17.4 Å². The van der Waals surface area contributed by atoms with E-state index < -0.39 is 140 Å². The van der Waals surface area contributed by atoms with Crippen LogP contribution in [0.15, 0.2) is 59.4 Å². The predicted octanol–water partition coefficient (Wildman–Crippen LogP) is -1.46. The first-order valence-corrected chi connectivity index (χ1v) is 25.9. The number of carboxylic acid groups (broad SMARTS) is 1. The molecule has 26 heteroatoms. The van der Waals surface area contributed by atoms with Gasteiger partial charge in [-0.25, -0.2) is 14.2 Å². The molecule has 420 valence electrons. The summed E-state index contributed by atoms with van der Waals surface area (Å²) in [6.07, 6.45) is 2.83. The zero-order valence-corrected chi connectivity index (χ0v) is 43.4. The van der Waals surface area contributed by atoms with Gasteiger partial charge in [0.1, 0.15) is 37.3 Å². The molecule has 0 radical (unpaired) electrons. The summed E-state index contributed by atoms with van der Waals surface area (Å²) in [6, 6.07) is 8.06. The lowest BCUT2D eigenvalue weighted by Crippen LogP contribution is -2.56. The lowest BCUT2D eigenvalue weighted by atomic mass is 9.81. The first kappa shape index (κ1) is 56.0. The summed E-state index contributed by atoms with van der Waals surface area (Å²) >= 11 is 0. The van der Waals surface area contributed by atoms with Gasteiger partial charge in [-0.1, -0.05) is 37.3 Å². The second kappa shape index (κ2) is 23.3. The number of aliphatic hydroxyl groups is 1. The summed E-state index contributed by atoms with van der Waals surface area (Å²) in [5.41, 5.74) is 1.73. The Bertz CT molecular complexity index is 3350. The van der Waals surface area contributed by atoms with E-state index in [1.165, 1.54) is 10.6 Å². The van der Waals surface area contributed by atoms with E-state index in [1.54, 1.807) is 50.2 Å². The second-order valence-electron chi connectivity index (χ2n) is 20.0. The van der Waals surface area contributed by atoms with Gasteiger partial charge in [-0.05, 0) is 73.3 Å².